The van der Waals surface area contributed by atoms with Gasteiger partial charge in [-0.2, -0.15) is 0 Å². The van der Waals surface area contributed by atoms with Gasteiger partial charge in [-0.05, 0) is 43.4 Å². The zero-order valence-electron chi connectivity index (χ0n) is 12.5. The Labute approximate surface area is 132 Å². The first-order valence-electron chi connectivity index (χ1n) is 7.36. The van der Waals surface area contributed by atoms with Crippen molar-refractivity contribution in [2.24, 2.45) is 17.6 Å². The Morgan fingerprint density at radius 3 is 2.86 bits per heavy atom. The van der Waals surface area contributed by atoms with E-state index in [1.165, 1.54) is 0 Å². The second kappa shape index (κ2) is 8.90. The summed E-state index contributed by atoms with van der Waals surface area (Å²) >= 11 is 0. The molecule has 0 aromatic heterocycles. The maximum Gasteiger partial charge on any atom is 0.223 e. The maximum absolute atomic E-state index is 12.2. The Morgan fingerprint density at radius 2 is 2.14 bits per heavy atom. The number of benzene rings is 1. The van der Waals surface area contributed by atoms with Crippen molar-refractivity contribution in [3.63, 3.8) is 0 Å². The summed E-state index contributed by atoms with van der Waals surface area (Å²) in [5, 5.41) is 3.04. The third-order valence-electron chi connectivity index (χ3n) is 4.18. The van der Waals surface area contributed by atoms with Crippen LogP contribution in [0.4, 0.5) is 0 Å². The monoisotopic (exact) mass is 312 g/mol. The van der Waals surface area contributed by atoms with Gasteiger partial charge in [0.1, 0.15) is 5.75 Å². The number of hydrogen-bond donors (Lipinski definition) is 2. The largest absolute Gasteiger partial charge is 0.496 e. The zero-order chi connectivity index (χ0) is 14.4. The van der Waals surface area contributed by atoms with Gasteiger partial charge in [0.15, 0.2) is 0 Å². The topological polar surface area (TPSA) is 64.3 Å². The Bertz CT molecular complexity index is 454. The van der Waals surface area contributed by atoms with Crippen LogP contribution >= 0.6 is 12.4 Å². The predicted octanol–water partition coefficient (Wildman–Crippen LogP) is 2.15. The Balaban J connectivity index is 0.00000220. The van der Waals surface area contributed by atoms with E-state index >= 15 is 0 Å². The summed E-state index contributed by atoms with van der Waals surface area (Å²) < 4.78 is 5.31. The molecule has 0 aliphatic heterocycles. The van der Waals surface area contributed by atoms with Crippen molar-refractivity contribution < 1.29 is 9.53 Å². The molecule has 118 valence electrons. The minimum atomic E-state index is 0. The normalized spacial score (nSPS) is 20.7. The van der Waals surface area contributed by atoms with Crippen LogP contribution in [0.2, 0.25) is 0 Å². The first-order chi connectivity index (χ1) is 9.76. The van der Waals surface area contributed by atoms with Gasteiger partial charge in [0.05, 0.1) is 7.11 Å². The molecule has 4 nitrogen and oxygen atoms in total. The molecule has 1 aliphatic rings. The van der Waals surface area contributed by atoms with Crippen LogP contribution in [-0.2, 0) is 11.2 Å². The van der Waals surface area contributed by atoms with Gasteiger partial charge in [-0.25, -0.2) is 0 Å². The SMILES string of the molecule is COc1ccccc1CCNC(=O)[C@@H]1CCC[C@@H]1CN.Cl. The first kappa shape index (κ1) is 17.8. The molecule has 1 aromatic rings. The lowest BCUT2D eigenvalue weighted by Crippen LogP contribution is -2.36. The lowest BCUT2D eigenvalue weighted by atomic mass is 9.95. The van der Waals surface area contributed by atoms with E-state index in [0.29, 0.717) is 19.0 Å². The van der Waals surface area contributed by atoms with Crippen molar-refractivity contribution in [2.45, 2.75) is 25.7 Å². The molecule has 2 atom stereocenters. The number of amides is 1. The third-order valence-corrected chi connectivity index (χ3v) is 4.18. The summed E-state index contributed by atoms with van der Waals surface area (Å²) in [7, 11) is 1.67. The molecule has 3 N–H and O–H groups in total. The number of carbonyl (C=O) groups excluding carboxylic acids is 1. The minimum absolute atomic E-state index is 0. The number of nitrogens with one attached hydrogen (secondary N) is 1. The highest BCUT2D eigenvalue weighted by Crippen LogP contribution is 2.30. The Hall–Kier alpha value is -1.26. The summed E-state index contributed by atoms with van der Waals surface area (Å²) in [5.74, 6) is 1.51. The molecule has 0 spiro atoms. The number of nitrogens with two attached hydrogens (primary N) is 1. The van der Waals surface area contributed by atoms with Gasteiger partial charge in [0, 0.05) is 12.5 Å². The van der Waals surface area contributed by atoms with E-state index in [4.69, 9.17) is 10.5 Å². The number of ether oxygens (including phenoxy) is 1. The molecular weight excluding hydrogens is 288 g/mol. The fourth-order valence-electron chi connectivity index (χ4n) is 3.03. The fraction of sp³-hybridized carbons (Fsp3) is 0.562. The molecule has 1 amide bonds. The van der Waals surface area contributed by atoms with Crippen LogP contribution in [0.15, 0.2) is 24.3 Å². The smallest absolute Gasteiger partial charge is 0.223 e. The highest BCUT2D eigenvalue weighted by atomic mass is 35.5. The molecule has 21 heavy (non-hydrogen) atoms. The van der Waals surface area contributed by atoms with Gasteiger partial charge >= 0.3 is 0 Å². The van der Waals surface area contributed by atoms with E-state index < -0.39 is 0 Å². The van der Waals surface area contributed by atoms with E-state index in [-0.39, 0.29) is 24.2 Å². The number of carbonyl (C=O) groups is 1. The van der Waals surface area contributed by atoms with Crippen LogP contribution in [-0.4, -0.2) is 26.1 Å². The van der Waals surface area contributed by atoms with Crippen molar-refractivity contribution in [1.82, 2.24) is 5.32 Å². The number of rotatable bonds is 6. The fourth-order valence-corrected chi connectivity index (χ4v) is 3.03. The quantitative estimate of drug-likeness (QED) is 0.846. The summed E-state index contributed by atoms with van der Waals surface area (Å²) in [6.45, 7) is 1.26. The van der Waals surface area contributed by atoms with Crippen LogP contribution in [0.25, 0.3) is 0 Å². The summed E-state index contributed by atoms with van der Waals surface area (Å²) in [5.41, 5.74) is 6.85. The number of para-hydroxylation sites is 1. The number of halogens is 1. The molecule has 0 radical (unpaired) electrons. The van der Waals surface area contributed by atoms with Crippen molar-refractivity contribution in [3.8, 4) is 5.75 Å². The minimum Gasteiger partial charge on any atom is -0.496 e. The van der Waals surface area contributed by atoms with Gasteiger partial charge in [-0.3, -0.25) is 4.79 Å². The molecule has 0 heterocycles. The van der Waals surface area contributed by atoms with E-state index in [9.17, 15) is 4.79 Å². The van der Waals surface area contributed by atoms with Gasteiger partial charge in [0.25, 0.3) is 0 Å². The molecule has 1 saturated carbocycles. The number of methoxy groups -OCH3 is 1. The van der Waals surface area contributed by atoms with Crippen LogP contribution in [0.1, 0.15) is 24.8 Å². The highest BCUT2D eigenvalue weighted by molar-refractivity contribution is 5.85. The Kier molecular flexibility index (Phi) is 7.54. The van der Waals surface area contributed by atoms with Crippen LogP contribution in [0, 0.1) is 11.8 Å². The molecule has 5 heteroatoms. The van der Waals surface area contributed by atoms with E-state index in [1.807, 2.05) is 24.3 Å². The molecular formula is C16H25ClN2O2. The van der Waals surface area contributed by atoms with Gasteiger partial charge in [0.2, 0.25) is 5.91 Å². The average molecular weight is 313 g/mol. The van der Waals surface area contributed by atoms with E-state index in [2.05, 4.69) is 5.32 Å². The molecule has 1 aromatic carbocycles. The summed E-state index contributed by atoms with van der Waals surface area (Å²) in [6, 6.07) is 7.91. The van der Waals surface area contributed by atoms with Crippen molar-refractivity contribution in [2.75, 3.05) is 20.2 Å². The highest BCUT2D eigenvalue weighted by Gasteiger charge is 2.31. The molecule has 2 rings (SSSR count). The van der Waals surface area contributed by atoms with Gasteiger partial charge in [-0.15, -0.1) is 12.4 Å². The van der Waals surface area contributed by atoms with Crippen molar-refractivity contribution in [1.29, 1.82) is 0 Å². The van der Waals surface area contributed by atoms with E-state index in [0.717, 1.165) is 37.0 Å². The van der Waals surface area contributed by atoms with Crippen LogP contribution in [0.3, 0.4) is 0 Å². The molecule has 1 fully saturated rings. The number of hydrogen-bond acceptors (Lipinski definition) is 3. The third kappa shape index (κ3) is 4.61. The summed E-state index contributed by atoms with van der Waals surface area (Å²) in [6.07, 6.45) is 3.96. The maximum atomic E-state index is 12.2. The van der Waals surface area contributed by atoms with Gasteiger partial charge in [-0.1, -0.05) is 24.6 Å². The molecule has 0 saturated heterocycles. The first-order valence-corrected chi connectivity index (χ1v) is 7.36. The Morgan fingerprint density at radius 1 is 1.38 bits per heavy atom. The van der Waals surface area contributed by atoms with Crippen molar-refractivity contribution in [3.05, 3.63) is 29.8 Å². The molecule has 0 unspecified atom stereocenters. The van der Waals surface area contributed by atoms with Crippen LogP contribution in [0.5, 0.6) is 5.75 Å². The molecule has 1 aliphatic carbocycles. The van der Waals surface area contributed by atoms with Crippen molar-refractivity contribution >= 4 is 18.3 Å². The van der Waals surface area contributed by atoms with Crippen LogP contribution < -0.4 is 15.8 Å². The standard InChI is InChI=1S/C16H24N2O2.ClH/c1-20-15-8-3-2-5-12(15)9-10-18-16(19)14-7-4-6-13(14)11-17;/h2-3,5,8,13-14H,4,6-7,9-11,17H2,1H3,(H,18,19);1H/t13-,14-;/m1./s1. The summed E-state index contributed by atoms with van der Waals surface area (Å²) in [4.78, 5) is 12.2. The second-order valence-electron chi connectivity index (χ2n) is 5.39. The lowest BCUT2D eigenvalue weighted by Gasteiger charge is -2.17. The average Bonchev–Trinajstić information content (AvgIpc) is 2.96. The van der Waals surface area contributed by atoms with Gasteiger partial charge < -0.3 is 15.8 Å². The predicted molar refractivity (Wildman–Crippen MR) is 86.8 cm³/mol. The van der Waals surface area contributed by atoms with E-state index in [1.54, 1.807) is 7.11 Å². The molecule has 0 bridgehead atoms. The zero-order valence-corrected chi connectivity index (χ0v) is 13.3. The lowest BCUT2D eigenvalue weighted by molar-refractivity contribution is -0.125. The second-order valence-corrected chi connectivity index (χ2v) is 5.39.